The molecule has 0 saturated carbocycles. The number of nitrogens with zero attached hydrogens (tertiary/aromatic N) is 2. The molecule has 4 rings (SSSR count). The summed E-state index contributed by atoms with van der Waals surface area (Å²) in [5.74, 6) is 0.192. The van der Waals surface area contributed by atoms with E-state index >= 15 is 0 Å². The molecule has 1 atom stereocenters. The van der Waals surface area contributed by atoms with Gasteiger partial charge in [0.1, 0.15) is 0 Å². The van der Waals surface area contributed by atoms with Gasteiger partial charge in [0.15, 0.2) is 23.3 Å². The smallest absolute Gasteiger partial charge is 0.338 e. The van der Waals surface area contributed by atoms with Crippen LogP contribution in [-0.2, 0) is 20.7 Å². The van der Waals surface area contributed by atoms with Crippen molar-refractivity contribution in [3.63, 3.8) is 0 Å². The summed E-state index contributed by atoms with van der Waals surface area (Å²) < 4.78 is 16.7. The standard InChI is InChI=1S/C27H29N3O5S/c1-5-18-7-10-20(11-8-18)29-23(31)16-35-21-12-9-19(15-22(21)33-4)25-24(26(32)34-6-2)17(3)28-27-30(25)13-14-36-27/h7-15,25H,5-6,16H2,1-4H3,(H,29,31)/t25-/m1/s1. The molecule has 9 heteroatoms. The molecule has 2 aromatic carbocycles. The Morgan fingerprint density at radius 3 is 2.58 bits per heavy atom. The van der Waals surface area contributed by atoms with E-state index in [0.717, 1.165) is 17.2 Å². The van der Waals surface area contributed by atoms with Gasteiger partial charge in [-0.25, -0.2) is 9.79 Å². The molecule has 1 N–H and O–H groups in total. The van der Waals surface area contributed by atoms with Crippen LogP contribution in [0.5, 0.6) is 11.5 Å². The first-order chi connectivity index (χ1) is 17.4. The van der Waals surface area contributed by atoms with Gasteiger partial charge in [0.05, 0.1) is 31.0 Å². The number of amides is 1. The summed E-state index contributed by atoms with van der Waals surface area (Å²) in [6.45, 7) is 5.76. The van der Waals surface area contributed by atoms with Crippen LogP contribution in [0.1, 0.15) is 37.9 Å². The second-order valence-corrected chi connectivity index (χ2v) is 9.00. The predicted molar refractivity (Wildman–Crippen MR) is 141 cm³/mol. The van der Waals surface area contributed by atoms with E-state index in [-0.39, 0.29) is 19.1 Å². The molecule has 188 valence electrons. The Morgan fingerprint density at radius 2 is 1.89 bits per heavy atom. The van der Waals surface area contributed by atoms with E-state index in [1.54, 1.807) is 13.0 Å². The van der Waals surface area contributed by atoms with E-state index < -0.39 is 12.0 Å². The lowest BCUT2D eigenvalue weighted by molar-refractivity contribution is -0.139. The van der Waals surface area contributed by atoms with Gasteiger partial charge in [-0.1, -0.05) is 36.9 Å². The number of aryl methyl sites for hydroxylation is 1. The third-order valence-corrected chi connectivity index (χ3v) is 6.59. The number of ether oxygens (including phenoxy) is 3. The minimum Gasteiger partial charge on any atom is -0.493 e. The minimum atomic E-state index is -0.430. The quantitative estimate of drug-likeness (QED) is 0.476. The molecule has 2 aliphatic rings. The van der Waals surface area contributed by atoms with Crippen LogP contribution in [0.3, 0.4) is 0 Å². The van der Waals surface area contributed by atoms with E-state index in [1.165, 1.54) is 24.4 Å². The van der Waals surface area contributed by atoms with E-state index in [0.29, 0.717) is 28.5 Å². The molecule has 0 spiro atoms. The van der Waals surface area contributed by atoms with E-state index in [9.17, 15) is 9.59 Å². The summed E-state index contributed by atoms with van der Waals surface area (Å²) in [6.07, 6.45) is 2.83. The highest BCUT2D eigenvalue weighted by atomic mass is 32.2. The van der Waals surface area contributed by atoms with Crippen LogP contribution >= 0.6 is 11.8 Å². The molecular formula is C27H29N3O5S. The Morgan fingerprint density at radius 1 is 1.11 bits per heavy atom. The molecular weight excluding hydrogens is 478 g/mol. The number of fused-ring (bicyclic) bond motifs is 1. The lowest BCUT2D eigenvalue weighted by Gasteiger charge is -2.33. The molecule has 8 nitrogen and oxygen atoms in total. The van der Waals surface area contributed by atoms with E-state index in [1.807, 2.05) is 59.8 Å². The Kier molecular flexibility index (Phi) is 8.00. The van der Waals surface area contributed by atoms with Crippen LogP contribution in [0.2, 0.25) is 0 Å². The van der Waals surface area contributed by atoms with Crippen molar-refractivity contribution in [2.24, 2.45) is 4.99 Å². The number of nitrogens with one attached hydrogen (secondary N) is 1. The summed E-state index contributed by atoms with van der Waals surface area (Å²) in [5, 5.41) is 5.54. The average Bonchev–Trinajstić information content (AvgIpc) is 3.35. The van der Waals surface area contributed by atoms with Crippen molar-refractivity contribution in [3.8, 4) is 11.5 Å². The molecule has 1 amide bonds. The largest absolute Gasteiger partial charge is 0.493 e. The molecule has 0 bridgehead atoms. The monoisotopic (exact) mass is 507 g/mol. The molecule has 0 radical (unpaired) electrons. The van der Waals surface area contributed by atoms with E-state index in [4.69, 9.17) is 14.2 Å². The molecule has 2 aromatic rings. The zero-order valence-electron chi connectivity index (χ0n) is 20.7. The van der Waals surface area contributed by atoms with Gasteiger partial charge in [0.2, 0.25) is 0 Å². The maximum atomic E-state index is 12.9. The Balaban J connectivity index is 1.53. The fourth-order valence-corrected chi connectivity index (χ4v) is 4.83. The maximum absolute atomic E-state index is 12.9. The van der Waals surface area contributed by atoms with E-state index in [2.05, 4.69) is 17.2 Å². The first-order valence-corrected chi connectivity index (χ1v) is 12.6. The number of thioether (sulfide) groups is 1. The minimum absolute atomic E-state index is 0.177. The number of methoxy groups -OCH3 is 1. The first kappa shape index (κ1) is 25.4. The third-order valence-electron chi connectivity index (χ3n) is 5.82. The maximum Gasteiger partial charge on any atom is 0.338 e. The number of anilines is 1. The highest BCUT2D eigenvalue weighted by Gasteiger charge is 2.37. The van der Waals surface area contributed by atoms with Gasteiger partial charge >= 0.3 is 5.97 Å². The zero-order chi connectivity index (χ0) is 25.7. The van der Waals surface area contributed by atoms with Gasteiger partial charge in [0, 0.05) is 11.9 Å². The van der Waals surface area contributed by atoms with Crippen LogP contribution in [0.25, 0.3) is 0 Å². The zero-order valence-corrected chi connectivity index (χ0v) is 21.6. The van der Waals surface area contributed by atoms with Crippen LogP contribution in [0.15, 0.2) is 70.3 Å². The van der Waals surface area contributed by atoms with Crippen molar-refractivity contribution < 1.29 is 23.8 Å². The van der Waals surface area contributed by atoms with Crippen molar-refractivity contribution in [2.75, 3.05) is 25.6 Å². The highest BCUT2D eigenvalue weighted by molar-refractivity contribution is 8.16. The van der Waals surface area contributed by atoms with Crippen molar-refractivity contribution >= 4 is 34.5 Å². The second-order valence-electron chi connectivity index (χ2n) is 8.12. The highest BCUT2D eigenvalue weighted by Crippen LogP contribution is 2.43. The third kappa shape index (κ3) is 5.41. The fraction of sp³-hybridized carbons (Fsp3) is 0.296. The van der Waals surface area contributed by atoms with Crippen molar-refractivity contribution in [2.45, 2.75) is 33.2 Å². The summed E-state index contributed by atoms with van der Waals surface area (Å²) in [6, 6.07) is 12.7. The fourth-order valence-electron chi connectivity index (χ4n) is 4.04. The Labute approximate surface area is 215 Å². The lowest BCUT2D eigenvalue weighted by atomic mass is 9.94. The van der Waals surface area contributed by atoms with Crippen molar-refractivity contribution in [3.05, 3.63) is 76.5 Å². The van der Waals surface area contributed by atoms with Crippen LogP contribution in [0, 0.1) is 0 Å². The summed E-state index contributed by atoms with van der Waals surface area (Å²) in [5.41, 5.74) is 3.80. The lowest BCUT2D eigenvalue weighted by Crippen LogP contribution is -2.34. The van der Waals surface area contributed by atoms with Gasteiger partial charge < -0.3 is 24.4 Å². The number of benzene rings is 2. The number of allylic oxidation sites excluding steroid dienone is 1. The Bertz CT molecular complexity index is 1240. The van der Waals surface area contributed by atoms with Gasteiger partial charge in [-0.15, -0.1) is 0 Å². The molecule has 2 aliphatic heterocycles. The summed E-state index contributed by atoms with van der Waals surface area (Å²) in [4.78, 5) is 31.8. The first-order valence-electron chi connectivity index (χ1n) is 11.7. The SMILES string of the molecule is CCOC(=O)C1=C(C)N=C2SC=CN2[C@@H]1c1ccc(OCC(=O)Nc2ccc(CC)cc2)c(OC)c1. The molecule has 0 fully saturated rings. The van der Waals surface area contributed by atoms with Gasteiger partial charge in [-0.05, 0) is 61.1 Å². The average molecular weight is 508 g/mol. The second kappa shape index (κ2) is 11.3. The predicted octanol–water partition coefficient (Wildman–Crippen LogP) is 5.04. The molecule has 0 aliphatic carbocycles. The molecule has 0 unspecified atom stereocenters. The topological polar surface area (TPSA) is 89.5 Å². The molecule has 36 heavy (non-hydrogen) atoms. The van der Waals surface area contributed by atoms with Crippen LogP contribution < -0.4 is 14.8 Å². The number of esters is 1. The molecule has 0 saturated heterocycles. The Hall–Kier alpha value is -3.72. The number of carbonyl (C=O) groups is 2. The van der Waals surface area contributed by atoms with Gasteiger partial charge in [0.25, 0.3) is 5.91 Å². The number of carbonyl (C=O) groups excluding carboxylic acids is 2. The number of aliphatic imine (C=N–C) groups is 1. The number of hydrogen-bond acceptors (Lipinski definition) is 8. The van der Waals surface area contributed by atoms with Gasteiger partial charge in [-0.2, -0.15) is 0 Å². The number of rotatable bonds is 9. The van der Waals surface area contributed by atoms with Crippen LogP contribution in [0.4, 0.5) is 5.69 Å². The summed E-state index contributed by atoms with van der Waals surface area (Å²) in [7, 11) is 1.54. The summed E-state index contributed by atoms with van der Waals surface area (Å²) >= 11 is 1.49. The molecule has 2 heterocycles. The molecule has 0 aromatic heterocycles. The van der Waals surface area contributed by atoms with Crippen molar-refractivity contribution in [1.29, 1.82) is 0 Å². The normalized spacial score (nSPS) is 16.4. The number of hydrogen-bond donors (Lipinski definition) is 1. The van der Waals surface area contributed by atoms with Gasteiger partial charge in [-0.3, -0.25) is 4.79 Å². The number of amidine groups is 1. The van der Waals surface area contributed by atoms with Crippen LogP contribution in [-0.4, -0.2) is 42.3 Å². The van der Waals surface area contributed by atoms with Crippen molar-refractivity contribution in [1.82, 2.24) is 4.90 Å².